The van der Waals surface area contributed by atoms with Crippen LogP contribution < -0.4 is 14.8 Å². The Hall–Kier alpha value is -2.74. The lowest BCUT2D eigenvalue weighted by atomic mass is 10.2. The molecule has 1 N–H and O–H groups in total. The van der Waals surface area contributed by atoms with E-state index in [1.54, 1.807) is 44.6 Å². The van der Waals surface area contributed by atoms with Gasteiger partial charge in [0.1, 0.15) is 11.9 Å². The number of nitriles is 1. The maximum Gasteiger partial charge on any atom is 0.162 e. The summed E-state index contributed by atoms with van der Waals surface area (Å²) >= 11 is 0. The van der Waals surface area contributed by atoms with Crippen molar-refractivity contribution >= 4 is 11.4 Å². The van der Waals surface area contributed by atoms with E-state index in [1.165, 1.54) is 12.1 Å². The minimum atomic E-state index is -0.557. The molecular formula is C15H13FN2O2. The molecule has 0 unspecified atom stereocenters. The largest absolute Gasteiger partial charge is 0.493 e. The molecule has 102 valence electrons. The summed E-state index contributed by atoms with van der Waals surface area (Å²) in [7, 11) is 3.10. The van der Waals surface area contributed by atoms with Gasteiger partial charge in [-0.05, 0) is 30.3 Å². The molecule has 2 aromatic rings. The molecule has 5 heteroatoms. The average Bonchev–Trinajstić information content (AvgIpc) is 2.47. The number of hydrogen-bond acceptors (Lipinski definition) is 4. The number of rotatable bonds is 4. The first kappa shape index (κ1) is 13.7. The van der Waals surface area contributed by atoms with Gasteiger partial charge in [0.25, 0.3) is 0 Å². The van der Waals surface area contributed by atoms with Crippen LogP contribution >= 0.6 is 0 Å². The van der Waals surface area contributed by atoms with Gasteiger partial charge in [-0.15, -0.1) is 0 Å². The molecule has 2 rings (SSSR count). The van der Waals surface area contributed by atoms with Crippen LogP contribution in [0, 0.1) is 17.1 Å². The van der Waals surface area contributed by atoms with Crippen LogP contribution in [-0.4, -0.2) is 14.2 Å². The number of benzene rings is 2. The maximum atomic E-state index is 13.5. The van der Waals surface area contributed by atoms with E-state index < -0.39 is 5.82 Å². The molecule has 0 aliphatic heterocycles. The summed E-state index contributed by atoms with van der Waals surface area (Å²) in [6.07, 6.45) is 0. The molecule has 0 saturated carbocycles. The van der Waals surface area contributed by atoms with Crippen molar-refractivity contribution in [3.8, 4) is 17.6 Å². The molecule has 0 radical (unpaired) electrons. The van der Waals surface area contributed by atoms with E-state index >= 15 is 0 Å². The van der Waals surface area contributed by atoms with E-state index in [0.29, 0.717) is 17.2 Å². The van der Waals surface area contributed by atoms with E-state index in [0.717, 1.165) is 5.69 Å². The van der Waals surface area contributed by atoms with Gasteiger partial charge in [-0.2, -0.15) is 5.26 Å². The van der Waals surface area contributed by atoms with Crippen LogP contribution in [0.1, 0.15) is 5.56 Å². The van der Waals surface area contributed by atoms with Gasteiger partial charge < -0.3 is 14.8 Å². The second-order valence-electron chi connectivity index (χ2n) is 4.00. The number of nitrogens with one attached hydrogen (secondary N) is 1. The summed E-state index contributed by atoms with van der Waals surface area (Å²) < 4.78 is 23.8. The number of nitrogens with zero attached hydrogens (tertiary/aromatic N) is 1. The Balaban J connectivity index is 2.26. The van der Waals surface area contributed by atoms with Gasteiger partial charge in [-0.25, -0.2) is 4.39 Å². The van der Waals surface area contributed by atoms with Gasteiger partial charge in [0.05, 0.1) is 19.8 Å². The molecule has 0 amide bonds. The molecule has 0 aliphatic carbocycles. The Morgan fingerprint density at radius 1 is 1.00 bits per heavy atom. The topological polar surface area (TPSA) is 54.3 Å². The summed E-state index contributed by atoms with van der Waals surface area (Å²) in [5.74, 6) is 0.633. The second kappa shape index (κ2) is 5.93. The highest BCUT2D eigenvalue weighted by atomic mass is 19.1. The molecule has 0 spiro atoms. The Morgan fingerprint density at radius 3 is 2.25 bits per heavy atom. The van der Waals surface area contributed by atoms with Crippen molar-refractivity contribution in [3.63, 3.8) is 0 Å². The van der Waals surface area contributed by atoms with Gasteiger partial charge in [-0.3, -0.25) is 0 Å². The first-order valence-electron chi connectivity index (χ1n) is 5.86. The highest BCUT2D eigenvalue weighted by Gasteiger charge is 2.06. The fraction of sp³-hybridized carbons (Fsp3) is 0.133. The summed E-state index contributed by atoms with van der Waals surface area (Å²) in [5.41, 5.74) is 1.29. The minimum Gasteiger partial charge on any atom is -0.493 e. The molecule has 0 aliphatic rings. The standard InChI is InChI=1S/C15H13FN2O2/c1-19-14-6-5-12(8-15(14)20-2)18-11-4-3-10(9-17)13(16)7-11/h3-8,18H,1-2H3. The smallest absolute Gasteiger partial charge is 0.162 e. The lowest BCUT2D eigenvalue weighted by Crippen LogP contribution is -1.95. The van der Waals surface area contributed by atoms with Crippen molar-refractivity contribution < 1.29 is 13.9 Å². The molecule has 0 fully saturated rings. The number of anilines is 2. The minimum absolute atomic E-state index is 0.0165. The first-order valence-corrected chi connectivity index (χ1v) is 5.86. The van der Waals surface area contributed by atoms with E-state index in [9.17, 15) is 4.39 Å². The van der Waals surface area contributed by atoms with Crippen LogP contribution in [0.15, 0.2) is 36.4 Å². The lowest BCUT2D eigenvalue weighted by molar-refractivity contribution is 0.355. The van der Waals surface area contributed by atoms with Crippen LogP contribution in [0.4, 0.5) is 15.8 Å². The Labute approximate surface area is 116 Å². The van der Waals surface area contributed by atoms with Gasteiger partial charge in [0.15, 0.2) is 11.5 Å². The van der Waals surface area contributed by atoms with Gasteiger partial charge in [-0.1, -0.05) is 0 Å². The predicted molar refractivity (Wildman–Crippen MR) is 73.9 cm³/mol. The Morgan fingerprint density at radius 2 is 1.65 bits per heavy atom. The highest BCUT2D eigenvalue weighted by Crippen LogP contribution is 2.31. The van der Waals surface area contributed by atoms with E-state index in [2.05, 4.69) is 5.32 Å². The van der Waals surface area contributed by atoms with Gasteiger partial charge in [0.2, 0.25) is 0 Å². The Bertz CT molecular complexity index is 665. The fourth-order valence-electron chi connectivity index (χ4n) is 1.76. The van der Waals surface area contributed by atoms with Gasteiger partial charge >= 0.3 is 0 Å². The summed E-state index contributed by atoms with van der Waals surface area (Å²) in [6.45, 7) is 0. The zero-order valence-electron chi connectivity index (χ0n) is 11.1. The van der Waals surface area contributed by atoms with Crippen LogP contribution in [-0.2, 0) is 0 Å². The van der Waals surface area contributed by atoms with E-state index in [4.69, 9.17) is 14.7 Å². The number of ether oxygens (including phenoxy) is 2. The van der Waals surface area contributed by atoms with Crippen molar-refractivity contribution in [2.45, 2.75) is 0 Å². The normalized spacial score (nSPS) is 9.70. The monoisotopic (exact) mass is 272 g/mol. The molecule has 0 heterocycles. The van der Waals surface area contributed by atoms with Crippen molar-refractivity contribution in [2.75, 3.05) is 19.5 Å². The van der Waals surface area contributed by atoms with Gasteiger partial charge in [0, 0.05) is 17.4 Å². The fourth-order valence-corrected chi connectivity index (χ4v) is 1.76. The molecule has 0 saturated heterocycles. The van der Waals surface area contributed by atoms with Crippen LogP contribution in [0.3, 0.4) is 0 Å². The van der Waals surface area contributed by atoms with Crippen molar-refractivity contribution in [1.29, 1.82) is 5.26 Å². The lowest BCUT2D eigenvalue weighted by Gasteiger charge is -2.11. The molecule has 2 aromatic carbocycles. The van der Waals surface area contributed by atoms with Crippen molar-refractivity contribution in [2.24, 2.45) is 0 Å². The molecule has 0 bridgehead atoms. The third-order valence-electron chi connectivity index (χ3n) is 2.76. The highest BCUT2D eigenvalue weighted by molar-refractivity contribution is 5.64. The van der Waals surface area contributed by atoms with Crippen molar-refractivity contribution in [3.05, 3.63) is 47.8 Å². The zero-order valence-corrected chi connectivity index (χ0v) is 11.1. The summed E-state index contributed by atoms with van der Waals surface area (Å²) in [5, 5.41) is 11.7. The number of hydrogen-bond donors (Lipinski definition) is 1. The number of methoxy groups -OCH3 is 2. The molecular weight excluding hydrogens is 259 g/mol. The quantitative estimate of drug-likeness (QED) is 0.926. The third-order valence-corrected chi connectivity index (χ3v) is 2.76. The van der Waals surface area contributed by atoms with Crippen molar-refractivity contribution in [1.82, 2.24) is 0 Å². The Kier molecular flexibility index (Phi) is 4.06. The molecule has 0 atom stereocenters. The molecule has 20 heavy (non-hydrogen) atoms. The zero-order chi connectivity index (χ0) is 14.5. The molecule has 0 aromatic heterocycles. The summed E-state index contributed by atoms with van der Waals surface area (Å²) in [6, 6.07) is 11.4. The maximum absolute atomic E-state index is 13.5. The molecule has 4 nitrogen and oxygen atoms in total. The van der Waals surface area contributed by atoms with Crippen LogP contribution in [0.5, 0.6) is 11.5 Å². The first-order chi connectivity index (χ1) is 9.67. The average molecular weight is 272 g/mol. The van der Waals surface area contributed by atoms with Crippen LogP contribution in [0.25, 0.3) is 0 Å². The predicted octanol–water partition coefficient (Wildman–Crippen LogP) is 3.46. The second-order valence-corrected chi connectivity index (χ2v) is 4.00. The summed E-state index contributed by atoms with van der Waals surface area (Å²) in [4.78, 5) is 0. The number of halogens is 1. The third kappa shape index (κ3) is 2.81. The van der Waals surface area contributed by atoms with E-state index in [-0.39, 0.29) is 5.56 Å². The van der Waals surface area contributed by atoms with Crippen LogP contribution in [0.2, 0.25) is 0 Å². The van der Waals surface area contributed by atoms with E-state index in [1.807, 2.05) is 0 Å². The SMILES string of the molecule is COc1ccc(Nc2ccc(C#N)c(F)c2)cc1OC.